The van der Waals surface area contributed by atoms with Crippen LogP contribution in [0.1, 0.15) is 20.3 Å². The Morgan fingerprint density at radius 1 is 1.03 bits per heavy atom. The summed E-state index contributed by atoms with van der Waals surface area (Å²) in [7, 11) is -1.89. The van der Waals surface area contributed by atoms with Crippen LogP contribution in [0.5, 0.6) is 5.75 Å². The number of methoxy groups -OCH3 is 1. The third-order valence-corrected chi connectivity index (χ3v) is 7.17. The van der Waals surface area contributed by atoms with Crippen LogP contribution in [-0.2, 0) is 14.8 Å². The van der Waals surface area contributed by atoms with E-state index in [-0.39, 0.29) is 16.7 Å². The number of hydrogen-bond acceptors (Lipinski definition) is 6. The van der Waals surface area contributed by atoms with Gasteiger partial charge in [-0.15, -0.1) is 0 Å². The van der Waals surface area contributed by atoms with Crippen LogP contribution >= 0.6 is 0 Å². The molecule has 0 spiro atoms. The highest BCUT2D eigenvalue weighted by molar-refractivity contribution is 7.89. The SMILES string of the molecule is COc1ccccc1N1CCN(CCCNS(=O)(=O)c2ccc(NC(=O)C(C)C)cc2)CC1. The number of ether oxygens (including phenoxy) is 1. The van der Waals surface area contributed by atoms with Crippen LogP contribution in [-0.4, -0.2) is 65.6 Å². The molecule has 1 fully saturated rings. The molecule has 9 heteroatoms. The Hall–Kier alpha value is -2.62. The summed E-state index contributed by atoms with van der Waals surface area (Å²) in [6.07, 6.45) is 0.733. The fourth-order valence-electron chi connectivity index (χ4n) is 3.70. The topological polar surface area (TPSA) is 91.0 Å². The van der Waals surface area contributed by atoms with Gasteiger partial charge in [0.2, 0.25) is 15.9 Å². The molecule has 0 atom stereocenters. The average molecular weight is 475 g/mol. The summed E-state index contributed by atoms with van der Waals surface area (Å²) >= 11 is 0. The van der Waals surface area contributed by atoms with Crippen molar-refractivity contribution in [3.8, 4) is 5.75 Å². The summed E-state index contributed by atoms with van der Waals surface area (Å²) in [6, 6.07) is 14.3. The third kappa shape index (κ3) is 6.93. The Labute approximate surface area is 197 Å². The summed E-state index contributed by atoms with van der Waals surface area (Å²) in [6.45, 7) is 8.49. The van der Waals surface area contributed by atoms with Crippen LogP contribution in [0.15, 0.2) is 53.4 Å². The Morgan fingerprint density at radius 3 is 2.33 bits per heavy atom. The zero-order valence-electron chi connectivity index (χ0n) is 19.6. The van der Waals surface area contributed by atoms with Crippen molar-refractivity contribution in [2.75, 3.05) is 56.6 Å². The van der Waals surface area contributed by atoms with E-state index >= 15 is 0 Å². The Morgan fingerprint density at radius 2 is 1.70 bits per heavy atom. The quantitative estimate of drug-likeness (QED) is 0.515. The first-order valence-corrected chi connectivity index (χ1v) is 12.8. The summed E-state index contributed by atoms with van der Waals surface area (Å²) in [4.78, 5) is 16.6. The highest BCUT2D eigenvalue weighted by Crippen LogP contribution is 2.28. The van der Waals surface area contributed by atoms with Gasteiger partial charge in [-0.1, -0.05) is 26.0 Å². The van der Waals surface area contributed by atoms with E-state index in [9.17, 15) is 13.2 Å². The van der Waals surface area contributed by atoms with E-state index in [0.29, 0.717) is 12.2 Å². The molecule has 2 aromatic carbocycles. The molecule has 0 aromatic heterocycles. The number of carbonyl (C=O) groups excluding carboxylic acids is 1. The average Bonchev–Trinajstić information content (AvgIpc) is 2.82. The Kier molecular flexibility index (Phi) is 8.71. The van der Waals surface area contributed by atoms with Crippen molar-refractivity contribution in [3.63, 3.8) is 0 Å². The van der Waals surface area contributed by atoms with Crippen molar-refractivity contribution in [2.24, 2.45) is 5.92 Å². The lowest BCUT2D eigenvalue weighted by atomic mass is 10.2. The molecule has 1 aliphatic rings. The van der Waals surface area contributed by atoms with E-state index in [1.807, 2.05) is 18.2 Å². The van der Waals surface area contributed by atoms with Crippen molar-refractivity contribution >= 4 is 27.3 Å². The van der Waals surface area contributed by atoms with Crippen LogP contribution in [0.25, 0.3) is 0 Å². The van der Waals surface area contributed by atoms with Gasteiger partial charge in [0, 0.05) is 44.3 Å². The maximum absolute atomic E-state index is 12.6. The van der Waals surface area contributed by atoms with Gasteiger partial charge in [-0.25, -0.2) is 13.1 Å². The number of amides is 1. The number of piperazine rings is 1. The second-order valence-corrected chi connectivity index (χ2v) is 10.2. The number of nitrogens with zero attached hydrogens (tertiary/aromatic N) is 2. The van der Waals surface area contributed by atoms with Crippen LogP contribution in [0.2, 0.25) is 0 Å². The molecule has 3 rings (SSSR count). The van der Waals surface area contributed by atoms with Gasteiger partial charge in [0.15, 0.2) is 0 Å². The first kappa shape index (κ1) is 25.0. The zero-order valence-corrected chi connectivity index (χ0v) is 20.4. The fraction of sp³-hybridized carbons (Fsp3) is 0.458. The number of hydrogen-bond donors (Lipinski definition) is 2. The van der Waals surface area contributed by atoms with Gasteiger partial charge in [-0.3, -0.25) is 9.69 Å². The predicted octanol–water partition coefficient (Wildman–Crippen LogP) is 2.78. The van der Waals surface area contributed by atoms with E-state index in [1.54, 1.807) is 33.1 Å². The third-order valence-electron chi connectivity index (χ3n) is 5.70. The molecule has 33 heavy (non-hydrogen) atoms. The smallest absolute Gasteiger partial charge is 0.240 e. The molecule has 0 aliphatic carbocycles. The molecule has 1 amide bonds. The van der Waals surface area contributed by atoms with Crippen molar-refractivity contribution in [2.45, 2.75) is 25.2 Å². The van der Waals surface area contributed by atoms with Gasteiger partial charge in [-0.05, 0) is 49.4 Å². The molecule has 8 nitrogen and oxygen atoms in total. The van der Waals surface area contributed by atoms with Crippen LogP contribution in [0, 0.1) is 5.92 Å². The minimum atomic E-state index is -3.58. The first-order valence-electron chi connectivity index (χ1n) is 11.3. The van der Waals surface area contributed by atoms with Crippen molar-refractivity contribution in [1.82, 2.24) is 9.62 Å². The monoisotopic (exact) mass is 474 g/mol. The largest absolute Gasteiger partial charge is 0.495 e. The summed E-state index contributed by atoms with van der Waals surface area (Å²) in [5.41, 5.74) is 1.70. The molecule has 0 saturated carbocycles. The first-order chi connectivity index (χ1) is 15.8. The van der Waals surface area contributed by atoms with Gasteiger partial charge in [-0.2, -0.15) is 0 Å². The molecule has 2 aromatic rings. The van der Waals surface area contributed by atoms with Crippen molar-refractivity contribution in [1.29, 1.82) is 0 Å². The molecular formula is C24H34N4O4S. The normalized spacial score (nSPS) is 15.0. The minimum absolute atomic E-state index is 0.104. The number of benzene rings is 2. The lowest BCUT2D eigenvalue weighted by molar-refractivity contribution is -0.118. The molecule has 0 bridgehead atoms. The van der Waals surface area contributed by atoms with E-state index in [1.165, 1.54) is 12.1 Å². The molecule has 0 radical (unpaired) electrons. The number of anilines is 2. The second kappa shape index (κ2) is 11.5. The number of carbonyl (C=O) groups is 1. The molecular weight excluding hydrogens is 440 g/mol. The lowest BCUT2D eigenvalue weighted by Crippen LogP contribution is -2.47. The molecule has 1 heterocycles. The molecule has 1 aliphatic heterocycles. The molecule has 1 saturated heterocycles. The zero-order chi connectivity index (χ0) is 23.8. The van der Waals surface area contributed by atoms with E-state index in [0.717, 1.165) is 50.6 Å². The summed E-state index contributed by atoms with van der Waals surface area (Å²) in [5, 5.41) is 2.76. The van der Waals surface area contributed by atoms with E-state index in [4.69, 9.17) is 4.74 Å². The highest BCUT2D eigenvalue weighted by atomic mass is 32.2. The van der Waals surface area contributed by atoms with Gasteiger partial charge >= 0.3 is 0 Å². The van der Waals surface area contributed by atoms with E-state index < -0.39 is 10.0 Å². The Bertz CT molecular complexity index is 1020. The minimum Gasteiger partial charge on any atom is -0.495 e. The summed E-state index contributed by atoms with van der Waals surface area (Å²) in [5.74, 6) is 0.641. The number of nitrogens with one attached hydrogen (secondary N) is 2. The Balaban J connectivity index is 1.41. The van der Waals surface area contributed by atoms with Crippen LogP contribution in [0.4, 0.5) is 11.4 Å². The molecule has 0 unspecified atom stereocenters. The fourth-order valence-corrected chi connectivity index (χ4v) is 4.77. The van der Waals surface area contributed by atoms with Crippen molar-refractivity contribution < 1.29 is 17.9 Å². The standard InChI is InChI=1S/C24H34N4O4S/c1-19(2)24(29)26-20-9-11-21(12-10-20)33(30,31)25-13-6-14-27-15-17-28(18-16-27)22-7-4-5-8-23(22)32-3/h4-5,7-12,19,25H,6,13-18H2,1-3H3,(H,26,29). The lowest BCUT2D eigenvalue weighted by Gasteiger charge is -2.36. The number of rotatable bonds is 10. The van der Waals surface area contributed by atoms with E-state index in [2.05, 4.69) is 25.9 Å². The second-order valence-electron chi connectivity index (χ2n) is 8.42. The molecule has 180 valence electrons. The van der Waals surface area contributed by atoms with Crippen LogP contribution in [0.3, 0.4) is 0 Å². The molecule has 2 N–H and O–H groups in total. The van der Waals surface area contributed by atoms with Crippen LogP contribution < -0.4 is 19.7 Å². The maximum atomic E-state index is 12.6. The van der Waals surface area contributed by atoms with Gasteiger partial charge in [0.25, 0.3) is 0 Å². The highest BCUT2D eigenvalue weighted by Gasteiger charge is 2.20. The summed E-state index contributed by atoms with van der Waals surface area (Å²) < 4.78 is 33.3. The van der Waals surface area contributed by atoms with Crippen molar-refractivity contribution in [3.05, 3.63) is 48.5 Å². The predicted molar refractivity (Wildman–Crippen MR) is 131 cm³/mol. The van der Waals surface area contributed by atoms with Gasteiger partial charge in [0.05, 0.1) is 17.7 Å². The number of para-hydroxylation sites is 2. The maximum Gasteiger partial charge on any atom is 0.240 e. The van der Waals surface area contributed by atoms with Gasteiger partial charge in [0.1, 0.15) is 5.75 Å². The van der Waals surface area contributed by atoms with Gasteiger partial charge < -0.3 is 15.0 Å². The number of sulfonamides is 1.